The summed E-state index contributed by atoms with van der Waals surface area (Å²) in [4.78, 5) is 8.27. The number of hydrogen-bond acceptors (Lipinski definition) is 3. The zero-order chi connectivity index (χ0) is 11.3. The third-order valence-corrected chi connectivity index (χ3v) is 3.13. The first-order valence-electron chi connectivity index (χ1n) is 5.34. The maximum absolute atomic E-state index is 8.60. The Kier molecular flexibility index (Phi) is 3.79. The average molecular weight is 203 g/mol. The Balaban J connectivity index is 2.77. The minimum absolute atomic E-state index is 0.294. The lowest BCUT2D eigenvalue weighted by Gasteiger charge is -2.25. The van der Waals surface area contributed by atoms with Gasteiger partial charge in [-0.3, -0.25) is 4.98 Å². The molecular formula is C12H17N3. The van der Waals surface area contributed by atoms with Gasteiger partial charge in [-0.15, -0.1) is 0 Å². The van der Waals surface area contributed by atoms with Crippen LogP contribution < -0.4 is 0 Å². The van der Waals surface area contributed by atoms with Crippen LogP contribution >= 0.6 is 0 Å². The van der Waals surface area contributed by atoms with E-state index in [1.54, 1.807) is 12.4 Å². The van der Waals surface area contributed by atoms with Crippen molar-refractivity contribution in [1.82, 2.24) is 9.97 Å². The van der Waals surface area contributed by atoms with Crippen molar-refractivity contribution in [3.63, 3.8) is 0 Å². The normalized spacial score (nSPS) is 11.1. The monoisotopic (exact) mass is 203 g/mol. The van der Waals surface area contributed by atoms with Gasteiger partial charge >= 0.3 is 0 Å². The minimum Gasteiger partial charge on any atom is -0.257 e. The molecule has 3 nitrogen and oxygen atoms in total. The predicted octanol–water partition coefficient (Wildman–Crippen LogP) is 2.72. The molecule has 0 aromatic carbocycles. The van der Waals surface area contributed by atoms with Crippen LogP contribution in [0, 0.1) is 16.7 Å². The van der Waals surface area contributed by atoms with Gasteiger partial charge in [0.1, 0.15) is 6.07 Å². The molecule has 1 rings (SSSR count). The zero-order valence-electron chi connectivity index (χ0n) is 9.62. The summed E-state index contributed by atoms with van der Waals surface area (Å²) in [5.74, 6) is 0. The van der Waals surface area contributed by atoms with Gasteiger partial charge in [0.25, 0.3) is 0 Å². The van der Waals surface area contributed by atoms with Crippen molar-refractivity contribution in [2.75, 3.05) is 0 Å². The van der Waals surface area contributed by atoms with Crippen LogP contribution in [0.15, 0.2) is 12.4 Å². The first-order chi connectivity index (χ1) is 7.13. The van der Waals surface area contributed by atoms with Crippen molar-refractivity contribution >= 4 is 0 Å². The van der Waals surface area contributed by atoms with Gasteiger partial charge < -0.3 is 0 Å². The zero-order valence-corrected chi connectivity index (χ0v) is 9.62. The highest BCUT2D eigenvalue weighted by atomic mass is 14.8. The molecule has 3 heteroatoms. The topological polar surface area (TPSA) is 49.6 Å². The second-order valence-corrected chi connectivity index (χ2v) is 4.20. The highest BCUT2D eigenvalue weighted by molar-refractivity contribution is 5.16. The van der Waals surface area contributed by atoms with Gasteiger partial charge in [-0.1, -0.05) is 33.6 Å². The van der Waals surface area contributed by atoms with Crippen LogP contribution in [0.3, 0.4) is 0 Å². The third-order valence-electron chi connectivity index (χ3n) is 3.13. The molecule has 0 aliphatic rings. The van der Waals surface area contributed by atoms with E-state index in [4.69, 9.17) is 5.26 Å². The van der Waals surface area contributed by atoms with Gasteiger partial charge in [0.2, 0.25) is 0 Å². The van der Waals surface area contributed by atoms with Crippen LogP contribution in [-0.2, 0) is 6.42 Å². The van der Waals surface area contributed by atoms with Gasteiger partial charge in [-0.25, -0.2) is 4.98 Å². The maximum Gasteiger partial charge on any atom is 0.158 e. The fourth-order valence-electron chi connectivity index (χ4n) is 1.44. The van der Waals surface area contributed by atoms with Gasteiger partial charge in [0.15, 0.2) is 5.69 Å². The standard InChI is InChI=1S/C12H17N3/c1-4-12(3,5-2)6-10-8-15-11(7-13)9-14-10/h8-9H,4-6H2,1-3H3. The second kappa shape index (κ2) is 4.88. The average Bonchev–Trinajstić information content (AvgIpc) is 2.30. The Morgan fingerprint density at radius 2 is 1.93 bits per heavy atom. The van der Waals surface area contributed by atoms with E-state index < -0.39 is 0 Å². The molecule has 0 fully saturated rings. The second-order valence-electron chi connectivity index (χ2n) is 4.20. The van der Waals surface area contributed by atoms with Gasteiger partial charge in [0, 0.05) is 6.20 Å². The number of rotatable bonds is 4. The van der Waals surface area contributed by atoms with Gasteiger partial charge in [0.05, 0.1) is 11.9 Å². The smallest absolute Gasteiger partial charge is 0.158 e. The number of aromatic nitrogens is 2. The molecule has 0 amide bonds. The molecule has 0 aliphatic carbocycles. The molecule has 0 aliphatic heterocycles. The molecule has 1 aromatic rings. The summed E-state index contributed by atoms with van der Waals surface area (Å²) in [6, 6.07) is 1.97. The molecule has 0 unspecified atom stereocenters. The first kappa shape index (κ1) is 11.6. The Morgan fingerprint density at radius 3 is 2.33 bits per heavy atom. The summed E-state index contributed by atoms with van der Waals surface area (Å²) in [5, 5.41) is 8.60. The van der Waals surface area contributed by atoms with Crippen molar-refractivity contribution in [2.24, 2.45) is 5.41 Å². The molecule has 0 atom stereocenters. The SMILES string of the molecule is CCC(C)(CC)Cc1cnc(C#N)cn1. The van der Waals surface area contributed by atoms with E-state index in [1.165, 1.54) is 0 Å². The third kappa shape index (κ3) is 3.02. The summed E-state index contributed by atoms with van der Waals surface area (Å²) in [6.07, 6.45) is 6.44. The maximum atomic E-state index is 8.60. The Hall–Kier alpha value is -1.43. The lowest BCUT2D eigenvalue weighted by molar-refractivity contribution is 0.292. The van der Waals surface area contributed by atoms with Crippen molar-refractivity contribution in [1.29, 1.82) is 5.26 Å². The highest BCUT2D eigenvalue weighted by Gasteiger charge is 2.20. The van der Waals surface area contributed by atoms with E-state index in [-0.39, 0.29) is 0 Å². The minimum atomic E-state index is 0.294. The first-order valence-corrected chi connectivity index (χ1v) is 5.34. The highest BCUT2D eigenvalue weighted by Crippen LogP contribution is 2.28. The van der Waals surface area contributed by atoms with E-state index in [0.29, 0.717) is 11.1 Å². The lowest BCUT2D eigenvalue weighted by atomic mass is 9.80. The summed E-state index contributed by atoms with van der Waals surface area (Å²) in [5.41, 5.74) is 1.65. The predicted molar refractivity (Wildman–Crippen MR) is 59.1 cm³/mol. The number of nitrogens with zero attached hydrogens (tertiary/aromatic N) is 3. The van der Waals surface area contributed by atoms with Crippen molar-refractivity contribution in [3.05, 3.63) is 23.8 Å². The van der Waals surface area contributed by atoms with Crippen molar-refractivity contribution in [2.45, 2.75) is 40.0 Å². The molecule has 0 spiro atoms. The molecule has 0 saturated heterocycles. The van der Waals surface area contributed by atoms with E-state index in [0.717, 1.165) is 25.0 Å². The van der Waals surface area contributed by atoms with Crippen LogP contribution in [-0.4, -0.2) is 9.97 Å². The molecule has 1 aromatic heterocycles. The van der Waals surface area contributed by atoms with Crippen molar-refractivity contribution in [3.8, 4) is 6.07 Å². The molecule has 80 valence electrons. The molecule has 15 heavy (non-hydrogen) atoms. The summed E-state index contributed by atoms with van der Waals surface area (Å²) in [7, 11) is 0. The van der Waals surface area contributed by atoms with E-state index >= 15 is 0 Å². The largest absolute Gasteiger partial charge is 0.257 e. The Bertz CT molecular complexity index is 344. The fourth-order valence-corrected chi connectivity index (χ4v) is 1.44. The molecule has 0 bridgehead atoms. The van der Waals surface area contributed by atoms with Gasteiger partial charge in [-0.05, 0) is 11.8 Å². The summed E-state index contributed by atoms with van der Waals surface area (Å²) >= 11 is 0. The van der Waals surface area contributed by atoms with E-state index in [1.807, 2.05) is 6.07 Å². The number of hydrogen-bond donors (Lipinski definition) is 0. The van der Waals surface area contributed by atoms with Crippen LogP contribution in [0.25, 0.3) is 0 Å². The lowest BCUT2D eigenvalue weighted by Crippen LogP contribution is -2.18. The van der Waals surface area contributed by atoms with Crippen LogP contribution in [0.2, 0.25) is 0 Å². The number of nitriles is 1. The Labute approximate surface area is 91.2 Å². The summed E-state index contributed by atoms with van der Waals surface area (Å²) < 4.78 is 0. The molecule has 0 saturated carbocycles. The molecule has 1 heterocycles. The molecular weight excluding hydrogens is 186 g/mol. The fraction of sp³-hybridized carbons (Fsp3) is 0.583. The molecule has 0 N–H and O–H groups in total. The Morgan fingerprint density at radius 1 is 1.27 bits per heavy atom. The van der Waals surface area contributed by atoms with Crippen molar-refractivity contribution < 1.29 is 0 Å². The quantitative estimate of drug-likeness (QED) is 0.756. The van der Waals surface area contributed by atoms with Gasteiger partial charge in [-0.2, -0.15) is 5.26 Å². The van der Waals surface area contributed by atoms with Crippen LogP contribution in [0.5, 0.6) is 0 Å². The summed E-state index contributed by atoms with van der Waals surface area (Å²) in [6.45, 7) is 6.65. The van der Waals surface area contributed by atoms with E-state index in [9.17, 15) is 0 Å². The van der Waals surface area contributed by atoms with Crippen LogP contribution in [0.1, 0.15) is 45.0 Å². The van der Waals surface area contributed by atoms with Crippen LogP contribution in [0.4, 0.5) is 0 Å². The van der Waals surface area contributed by atoms with E-state index in [2.05, 4.69) is 30.7 Å². The molecule has 0 radical (unpaired) electrons.